The molecule has 6 nitrogen and oxygen atoms in total. The van der Waals surface area contributed by atoms with Crippen LogP contribution < -0.4 is 0 Å². The zero-order valence-electron chi connectivity index (χ0n) is 10.0. The number of methoxy groups -OCH3 is 2. The predicted molar refractivity (Wildman–Crippen MR) is 54.7 cm³/mol. The number of hydrogen-bond donors (Lipinski definition) is 2. The monoisotopic (exact) mass is 236 g/mol. The van der Waals surface area contributed by atoms with E-state index in [-0.39, 0.29) is 0 Å². The zero-order valence-corrected chi connectivity index (χ0v) is 10.0. The van der Waals surface area contributed by atoms with Crippen molar-refractivity contribution in [1.82, 2.24) is 0 Å². The van der Waals surface area contributed by atoms with Gasteiger partial charge in [0.1, 0.15) is 18.3 Å². The Morgan fingerprint density at radius 3 is 2.12 bits per heavy atom. The fraction of sp³-hybridized carbons (Fsp3) is 1.00. The molecule has 0 radical (unpaired) electrons. The first-order valence-electron chi connectivity index (χ1n) is 5.15. The third-order valence-electron chi connectivity index (χ3n) is 2.46. The van der Waals surface area contributed by atoms with Crippen molar-refractivity contribution in [2.45, 2.75) is 44.2 Å². The van der Waals surface area contributed by atoms with Crippen molar-refractivity contribution in [1.29, 1.82) is 0 Å². The lowest BCUT2D eigenvalue weighted by Crippen LogP contribution is -2.45. The molecule has 16 heavy (non-hydrogen) atoms. The maximum absolute atomic E-state index is 9.63. The second kappa shape index (κ2) is 5.39. The van der Waals surface area contributed by atoms with Gasteiger partial charge in [0.15, 0.2) is 12.1 Å². The van der Waals surface area contributed by atoms with Gasteiger partial charge in [-0.3, -0.25) is 0 Å². The number of rotatable bonds is 5. The number of ether oxygens (including phenoxy) is 4. The lowest BCUT2D eigenvalue weighted by molar-refractivity contribution is -0.202. The molecule has 0 amide bonds. The van der Waals surface area contributed by atoms with Gasteiger partial charge in [0, 0.05) is 14.2 Å². The Bertz CT molecular complexity index is 215. The summed E-state index contributed by atoms with van der Waals surface area (Å²) in [6.07, 6.45) is -2.93. The molecule has 0 bridgehead atoms. The van der Waals surface area contributed by atoms with E-state index >= 15 is 0 Å². The van der Waals surface area contributed by atoms with Crippen molar-refractivity contribution >= 4 is 0 Å². The van der Waals surface area contributed by atoms with Crippen LogP contribution >= 0.6 is 0 Å². The van der Waals surface area contributed by atoms with E-state index in [1.165, 1.54) is 14.2 Å². The molecule has 0 spiro atoms. The van der Waals surface area contributed by atoms with E-state index < -0.39 is 37.0 Å². The van der Waals surface area contributed by atoms with Crippen LogP contribution in [0.3, 0.4) is 0 Å². The van der Waals surface area contributed by atoms with Gasteiger partial charge in [0.25, 0.3) is 0 Å². The molecule has 1 aliphatic heterocycles. The molecule has 0 aromatic heterocycles. The molecule has 3 atom stereocenters. The summed E-state index contributed by atoms with van der Waals surface area (Å²) >= 11 is 0. The molecule has 0 aliphatic carbocycles. The van der Waals surface area contributed by atoms with Crippen LogP contribution in [-0.2, 0) is 18.9 Å². The van der Waals surface area contributed by atoms with Crippen LogP contribution in [0.4, 0.5) is 0 Å². The molecule has 0 aromatic carbocycles. The predicted octanol–water partition coefficient (Wildman–Crippen LogP) is -0.521. The lowest BCUT2D eigenvalue weighted by atomic mass is 10.1. The molecule has 0 unspecified atom stereocenters. The van der Waals surface area contributed by atoms with E-state index in [4.69, 9.17) is 24.1 Å². The molecule has 2 N–H and O–H groups in total. The van der Waals surface area contributed by atoms with Gasteiger partial charge in [0.05, 0.1) is 6.61 Å². The average Bonchev–Trinajstić information content (AvgIpc) is 2.55. The van der Waals surface area contributed by atoms with Gasteiger partial charge >= 0.3 is 0 Å². The van der Waals surface area contributed by atoms with Crippen molar-refractivity contribution in [2.75, 3.05) is 20.8 Å². The fourth-order valence-electron chi connectivity index (χ4n) is 1.79. The topological polar surface area (TPSA) is 77.4 Å². The molecule has 96 valence electrons. The molecule has 1 rings (SSSR count). The fourth-order valence-corrected chi connectivity index (χ4v) is 1.79. The minimum absolute atomic E-state index is 0.402. The second-order valence-corrected chi connectivity index (χ2v) is 4.15. The molecule has 6 heteroatoms. The summed E-state index contributed by atoms with van der Waals surface area (Å²) in [5.41, 5.74) is 0. The van der Waals surface area contributed by atoms with Gasteiger partial charge in [-0.15, -0.1) is 0 Å². The highest BCUT2D eigenvalue weighted by molar-refractivity contribution is 4.88. The standard InChI is InChI=1S/C10H20O6/c1-10(2)15-7(6(12)5-11)8(16-10)9(13-3)14-4/h6-9,11-12H,5H2,1-4H3/t6-,7+,8-/m1/s1. The summed E-state index contributed by atoms with van der Waals surface area (Å²) in [5.74, 6) is -0.833. The Morgan fingerprint density at radius 2 is 1.69 bits per heavy atom. The first-order valence-corrected chi connectivity index (χ1v) is 5.15. The normalized spacial score (nSPS) is 30.9. The molecule has 1 fully saturated rings. The Labute approximate surface area is 95.1 Å². The highest BCUT2D eigenvalue weighted by atomic mass is 16.8. The number of aliphatic hydroxyl groups excluding tert-OH is 2. The molecule has 0 aromatic rings. The molecule has 1 aliphatic rings. The zero-order chi connectivity index (χ0) is 12.3. The van der Waals surface area contributed by atoms with E-state index in [2.05, 4.69) is 0 Å². The minimum Gasteiger partial charge on any atom is -0.394 e. The molecule has 1 saturated heterocycles. The summed E-state index contributed by atoms with van der Waals surface area (Å²) in [5, 5.41) is 18.6. The summed E-state index contributed by atoms with van der Waals surface area (Å²) < 4.78 is 21.3. The third-order valence-corrected chi connectivity index (χ3v) is 2.46. The van der Waals surface area contributed by atoms with Crippen molar-refractivity contribution in [3.8, 4) is 0 Å². The maximum Gasteiger partial charge on any atom is 0.185 e. The minimum atomic E-state index is -1.03. The van der Waals surface area contributed by atoms with Crippen LogP contribution in [0.15, 0.2) is 0 Å². The SMILES string of the molecule is COC(OC)[C@@H]1OC(C)(C)O[C@H]1[C@H](O)CO. The van der Waals surface area contributed by atoms with Crippen molar-refractivity contribution in [2.24, 2.45) is 0 Å². The van der Waals surface area contributed by atoms with Gasteiger partial charge in [0.2, 0.25) is 0 Å². The van der Waals surface area contributed by atoms with E-state index in [0.29, 0.717) is 0 Å². The van der Waals surface area contributed by atoms with Gasteiger partial charge < -0.3 is 29.2 Å². The van der Waals surface area contributed by atoms with Crippen LogP contribution in [-0.4, -0.2) is 61.4 Å². The second-order valence-electron chi connectivity index (χ2n) is 4.15. The van der Waals surface area contributed by atoms with Crippen molar-refractivity contribution in [3.05, 3.63) is 0 Å². The lowest BCUT2D eigenvalue weighted by Gasteiger charge is -2.25. The van der Waals surface area contributed by atoms with E-state index in [0.717, 1.165) is 0 Å². The Balaban J connectivity index is 2.78. The van der Waals surface area contributed by atoms with Gasteiger partial charge in [-0.05, 0) is 13.8 Å². The first kappa shape index (κ1) is 13.8. The molecule has 0 saturated carbocycles. The van der Waals surface area contributed by atoms with Crippen LogP contribution in [0.2, 0.25) is 0 Å². The van der Waals surface area contributed by atoms with Crippen LogP contribution in [0, 0.1) is 0 Å². The summed E-state index contributed by atoms with van der Waals surface area (Å²) in [4.78, 5) is 0. The third kappa shape index (κ3) is 2.91. The summed E-state index contributed by atoms with van der Waals surface area (Å²) in [6, 6.07) is 0. The van der Waals surface area contributed by atoms with Crippen LogP contribution in [0.1, 0.15) is 13.8 Å². The number of aliphatic hydroxyl groups is 2. The van der Waals surface area contributed by atoms with Gasteiger partial charge in [-0.25, -0.2) is 0 Å². The van der Waals surface area contributed by atoms with Crippen molar-refractivity contribution in [3.63, 3.8) is 0 Å². The Morgan fingerprint density at radius 1 is 1.19 bits per heavy atom. The largest absolute Gasteiger partial charge is 0.394 e. The van der Waals surface area contributed by atoms with Gasteiger partial charge in [-0.2, -0.15) is 0 Å². The maximum atomic E-state index is 9.63. The van der Waals surface area contributed by atoms with Crippen LogP contribution in [0.5, 0.6) is 0 Å². The van der Waals surface area contributed by atoms with Crippen molar-refractivity contribution < 1.29 is 29.2 Å². The van der Waals surface area contributed by atoms with Gasteiger partial charge in [-0.1, -0.05) is 0 Å². The van der Waals surface area contributed by atoms with Crippen LogP contribution in [0.25, 0.3) is 0 Å². The first-order chi connectivity index (χ1) is 7.45. The molecular formula is C10H20O6. The molecule has 1 heterocycles. The Hall–Kier alpha value is -0.240. The van der Waals surface area contributed by atoms with E-state index in [1.807, 2.05) is 0 Å². The Kier molecular flexibility index (Phi) is 4.66. The highest BCUT2D eigenvalue weighted by Crippen LogP contribution is 2.32. The number of hydrogen-bond acceptors (Lipinski definition) is 6. The summed E-state index contributed by atoms with van der Waals surface area (Å²) in [6.45, 7) is 3.06. The van der Waals surface area contributed by atoms with E-state index in [9.17, 15) is 5.11 Å². The summed E-state index contributed by atoms with van der Waals surface area (Å²) in [7, 11) is 2.95. The highest BCUT2D eigenvalue weighted by Gasteiger charge is 2.48. The smallest absolute Gasteiger partial charge is 0.185 e. The average molecular weight is 236 g/mol. The molecular weight excluding hydrogens is 216 g/mol. The quantitative estimate of drug-likeness (QED) is 0.625. The van der Waals surface area contributed by atoms with E-state index in [1.54, 1.807) is 13.8 Å².